The van der Waals surface area contributed by atoms with Crippen LogP contribution >= 0.6 is 12.4 Å². The van der Waals surface area contributed by atoms with Crippen LogP contribution in [0.15, 0.2) is 0 Å². The minimum absolute atomic E-state index is 0. The number of carbonyl (C=O) groups is 1. The van der Waals surface area contributed by atoms with Crippen molar-refractivity contribution in [2.75, 3.05) is 7.05 Å². The Bertz CT molecular complexity index is 208. The van der Waals surface area contributed by atoms with Crippen LogP contribution in [0, 0.1) is 5.92 Å². The topological polar surface area (TPSA) is 40.5 Å². The highest BCUT2D eigenvalue weighted by Gasteiger charge is 2.38. The highest BCUT2D eigenvalue weighted by atomic mass is 35.5. The summed E-state index contributed by atoms with van der Waals surface area (Å²) in [5.74, 6) is -0.194. The molecule has 0 aromatic carbocycles. The largest absolute Gasteiger partial charge is 0.481 e. The van der Waals surface area contributed by atoms with E-state index in [9.17, 15) is 4.79 Å². The smallest absolute Gasteiger partial charge is 0.303 e. The number of fused-ring (bicyclic) bond motifs is 2. The molecule has 1 unspecified atom stereocenters. The van der Waals surface area contributed by atoms with Crippen molar-refractivity contribution in [3.8, 4) is 0 Å². The van der Waals surface area contributed by atoms with Crippen molar-refractivity contribution in [1.82, 2.24) is 4.90 Å². The average Bonchev–Trinajstić information content (AvgIpc) is 2.33. The van der Waals surface area contributed by atoms with E-state index in [0.717, 1.165) is 12.8 Å². The summed E-state index contributed by atoms with van der Waals surface area (Å²) in [6.07, 6.45) is 5.12. The van der Waals surface area contributed by atoms with Crippen LogP contribution < -0.4 is 0 Å². The fraction of sp³-hybridized carbons (Fsp3) is 0.900. The van der Waals surface area contributed by atoms with Crippen LogP contribution in [0.2, 0.25) is 0 Å². The van der Waals surface area contributed by atoms with Crippen LogP contribution in [-0.4, -0.2) is 35.1 Å². The molecule has 0 aliphatic carbocycles. The van der Waals surface area contributed by atoms with Crippen LogP contribution in [0.3, 0.4) is 0 Å². The third-order valence-electron chi connectivity index (χ3n) is 3.66. The van der Waals surface area contributed by atoms with Gasteiger partial charge in [-0.3, -0.25) is 4.79 Å². The zero-order valence-corrected chi connectivity index (χ0v) is 9.30. The van der Waals surface area contributed by atoms with Crippen molar-refractivity contribution in [3.63, 3.8) is 0 Å². The fourth-order valence-electron chi connectivity index (χ4n) is 2.94. The Kier molecular flexibility index (Phi) is 3.78. The monoisotopic (exact) mass is 219 g/mol. The second kappa shape index (κ2) is 4.49. The van der Waals surface area contributed by atoms with Gasteiger partial charge in [0.2, 0.25) is 0 Å². The van der Waals surface area contributed by atoms with Crippen LogP contribution in [-0.2, 0) is 4.79 Å². The van der Waals surface area contributed by atoms with Gasteiger partial charge in [0, 0.05) is 18.5 Å². The number of rotatable bonds is 2. The molecule has 0 radical (unpaired) electrons. The number of hydrogen-bond donors (Lipinski definition) is 1. The predicted octanol–water partition coefficient (Wildman–Crippen LogP) is 1.76. The molecule has 3 nitrogen and oxygen atoms in total. The van der Waals surface area contributed by atoms with Crippen LogP contribution in [0.5, 0.6) is 0 Å². The molecule has 2 saturated heterocycles. The summed E-state index contributed by atoms with van der Waals surface area (Å²) < 4.78 is 0. The fourth-order valence-corrected chi connectivity index (χ4v) is 2.94. The Morgan fingerprint density at radius 1 is 1.36 bits per heavy atom. The standard InChI is InChI=1S/C10H17NO2.ClH/c1-11-8-2-3-9(11)5-7(4-8)6-10(12)13;/h7-9H,2-6H2,1H3,(H,12,13);1H/t7?,8-,9+;. The first-order valence-electron chi connectivity index (χ1n) is 5.10. The van der Waals surface area contributed by atoms with Gasteiger partial charge in [-0.15, -0.1) is 12.4 Å². The van der Waals surface area contributed by atoms with E-state index in [1.807, 2.05) is 0 Å². The first-order valence-corrected chi connectivity index (χ1v) is 5.10. The van der Waals surface area contributed by atoms with E-state index < -0.39 is 5.97 Å². The third-order valence-corrected chi connectivity index (χ3v) is 3.66. The molecule has 1 N–H and O–H groups in total. The van der Waals surface area contributed by atoms with Crippen LogP contribution in [0.4, 0.5) is 0 Å². The van der Waals surface area contributed by atoms with Crippen molar-refractivity contribution in [1.29, 1.82) is 0 Å². The Balaban J connectivity index is 0.000000980. The Morgan fingerprint density at radius 2 is 1.86 bits per heavy atom. The molecule has 0 aromatic rings. The third kappa shape index (κ3) is 2.20. The maximum atomic E-state index is 10.6. The molecule has 0 aromatic heterocycles. The zero-order valence-electron chi connectivity index (χ0n) is 8.48. The van der Waals surface area contributed by atoms with Crippen LogP contribution in [0.25, 0.3) is 0 Å². The van der Waals surface area contributed by atoms with Gasteiger partial charge in [-0.1, -0.05) is 0 Å². The lowest BCUT2D eigenvalue weighted by molar-refractivity contribution is -0.138. The molecule has 2 rings (SSSR count). The molecule has 3 atom stereocenters. The lowest BCUT2D eigenvalue weighted by Gasteiger charge is -2.35. The Hall–Kier alpha value is -0.280. The molecule has 2 fully saturated rings. The van der Waals surface area contributed by atoms with Gasteiger partial charge in [0.15, 0.2) is 0 Å². The molecule has 82 valence electrons. The summed E-state index contributed by atoms with van der Waals surface area (Å²) in [5, 5.41) is 8.71. The lowest BCUT2D eigenvalue weighted by Crippen LogP contribution is -2.40. The van der Waals surface area contributed by atoms with E-state index in [1.54, 1.807) is 0 Å². The van der Waals surface area contributed by atoms with Crippen molar-refractivity contribution in [2.24, 2.45) is 5.92 Å². The number of nitrogens with zero attached hydrogens (tertiary/aromatic N) is 1. The quantitative estimate of drug-likeness (QED) is 0.770. The normalized spacial score (nSPS) is 36.5. The number of piperidine rings is 1. The second-order valence-corrected chi connectivity index (χ2v) is 4.49. The van der Waals surface area contributed by atoms with E-state index in [2.05, 4.69) is 11.9 Å². The van der Waals surface area contributed by atoms with Crippen molar-refractivity contribution < 1.29 is 9.90 Å². The molecule has 2 aliphatic heterocycles. The van der Waals surface area contributed by atoms with Crippen molar-refractivity contribution >= 4 is 18.4 Å². The number of aliphatic carboxylic acids is 1. The zero-order chi connectivity index (χ0) is 9.42. The maximum Gasteiger partial charge on any atom is 0.303 e. The summed E-state index contributed by atoms with van der Waals surface area (Å²) in [6.45, 7) is 0. The summed E-state index contributed by atoms with van der Waals surface area (Å²) in [4.78, 5) is 13.0. The molecular weight excluding hydrogens is 202 g/mol. The van der Waals surface area contributed by atoms with Crippen LogP contribution in [0.1, 0.15) is 32.1 Å². The van der Waals surface area contributed by atoms with Gasteiger partial charge in [0.25, 0.3) is 0 Å². The molecule has 0 spiro atoms. The molecule has 2 heterocycles. The van der Waals surface area contributed by atoms with Crippen molar-refractivity contribution in [2.45, 2.75) is 44.2 Å². The SMILES string of the molecule is CN1[C@@H]2CC[C@H]1CC(CC(=O)O)C2.Cl. The molecule has 4 heteroatoms. The Morgan fingerprint density at radius 3 is 2.29 bits per heavy atom. The van der Waals surface area contributed by atoms with Gasteiger partial charge in [-0.25, -0.2) is 0 Å². The summed E-state index contributed by atoms with van der Waals surface area (Å²) in [6, 6.07) is 1.34. The second-order valence-electron chi connectivity index (χ2n) is 4.49. The van der Waals surface area contributed by atoms with E-state index in [4.69, 9.17) is 5.11 Å². The maximum absolute atomic E-state index is 10.6. The van der Waals surface area contributed by atoms with Gasteiger partial charge in [-0.05, 0) is 38.6 Å². The van der Waals surface area contributed by atoms with E-state index in [-0.39, 0.29) is 12.4 Å². The lowest BCUT2D eigenvalue weighted by atomic mass is 9.89. The van der Waals surface area contributed by atoms with Gasteiger partial charge in [0.1, 0.15) is 0 Å². The predicted molar refractivity (Wildman–Crippen MR) is 56.8 cm³/mol. The minimum atomic E-state index is -0.631. The molecule has 0 amide bonds. The molecule has 14 heavy (non-hydrogen) atoms. The number of hydrogen-bond acceptors (Lipinski definition) is 2. The summed E-state index contributed by atoms with van der Waals surface area (Å²) in [7, 11) is 2.18. The van der Waals surface area contributed by atoms with Gasteiger partial charge in [-0.2, -0.15) is 0 Å². The van der Waals surface area contributed by atoms with E-state index in [1.165, 1.54) is 12.8 Å². The molecule has 0 saturated carbocycles. The highest BCUT2D eigenvalue weighted by molar-refractivity contribution is 5.85. The number of halogens is 1. The Labute approximate surface area is 90.9 Å². The summed E-state index contributed by atoms with van der Waals surface area (Å²) in [5.41, 5.74) is 0. The van der Waals surface area contributed by atoms with Gasteiger partial charge < -0.3 is 10.0 Å². The van der Waals surface area contributed by atoms with Gasteiger partial charge in [0.05, 0.1) is 0 Å². The van der Waals surface area contributed by atoms with Gasteiger partial charge >= 0.3 is 5.97 Å². The first-order chi connectivity index (χ1) is 6.16. The summed E-state index contributed by atoms with van der Waals surface area (Å²) >= 11 is 0. The average molecular weight is 220 g/mol. The molecule has 2 bridgehead atoms. The highest BCUT2D eigenvalue weighted by Crippen LogP contribution is 2.38. The van der Waals surface area contributed by atoms with E-state index >= 15 is 0 Å². The van der Waals surface area contributed by atoms with Crippen molar-refractivity contribution in [3.05, 3.63) is 0 Å². The first kappa shape index (κ1) is 11.8. The number of carboxylic acid groups (broad SMARTS) is 1. The molecule has 2 aliphatic rings. The van der Waals surface area contributed by atoms with E-state index in [0.29, 0.717) is 24.4 Å². The molecular formula is C10H18ClNO2. The minimum Gasteiger partial charge on any atom is -0.481 e. The number of carboxylic acids is 1.